The molecule has 1 aliphatic heterocycles. The average Bonchev–Trinajstić information content (AvgIpc) is 2.97. The van der Waals surface area contributed by atoms with Crippen molar-refractivity contribution in [3.05, 3.63) is 116 Å². The molecule has 0 amide bonds. The van der Waals surface area contributed by atoms with Crippen LogP contribution in [-0.4, -0.2) is 24.9 Å². The molecule has 0 aromatic heterocycles. The first-order valence-electron chi connectivity index (χ1n) is 12.8. The number of methoxy groups -OCH3 is 2. The third-order valence-electron chi connectivity index (χ3n) is 7.63. The minimum absolute atomic E-state index is 0.116. The van der Waals surface area contributed by atoms with E-state index < -0.39 is 10.8 Å². The van der Waals surface area contributed by atoms with Gasteiger partial charge < -0.3 is 15.2 Å². The number of allylic oxidation sites excluding steroid dienone is 3. The fourth-order valence-electron chi connectivity index (χ4n) is 5.69. The lowest BCUT2D eigenvalue weighted by Gasteiger charge is -2.42. The Balaban J connectivity index is 1.79. The third kappa shape index (κ3) is 4.43. The zero-order valence-corrected chi connectivity index (χ0v) is 22.4. The molecule has 3 aromatic rings. The number of nitro groups is 1. The van der Waals surface area contributed by atoms with Gasteiger partial charge in [0.1, 0.15) is 17.3 Å². The first-order chi connectivity index (χ1) is 19.3. The predicted molar refractivity (Wildman–Crippen MR) is 150 cm³/mol. The number of nitrogens with zero attached hydrogens (tertiary/aromatic N) is 3. The number of hydrogen-bond donors (Lipinski definition) is 1. The highest BCUT2D eigenvalue weighted by atomic mass is 16.6. The van der Waals surface area contributed by atoms with Crippen LogP contribution in [0.1, 0.15) is 41.4 Å². The number of ether oxygens (including phenoxy) is 2. The first-order valence-corrected chi connectivity index (χ1v) is 12.8. The van der Waals surface area contributed by atoms with Crippen LogP contribution < -0.4 is 20.1 Å². The summed E-state index contributed by atoms with van der Waals surface area (Å²) in [5.74, 6) is 0.105. The number of Topliss-reactive ketones (excluding diaryl/α,β-unsaturated/α-hetero) is 1. The van der Waals surface area contributed by atoms with Crippen molar-refractivity contribution >= 4 is 17.2 Å². The second-order valence-corrected chi connectivity index (χ2v) is 9.81. The van der Waals surface area contributed by atoms with Gasteiger partial charge in [0.05, 0.1) is 42.4 Å². The zero-order valence-electron chi connectivity index (χ0n) is 22.4. The monoisotopic (exact) mass is 536 g/mol. The molecule has 0 bridgehead atoms. The second-order valence-electron chi connectivity index (χ2n) is 9.81. The second kappa shape index (κ2) is 10.6. The van der Waals surface area contributed by atoms with E-state index in [1.807, 2.05) is 37.3 Å². The quantitative estimate of drug-likeness (QED) is 0.317. The molecule has 0 radical (unpaired) electrons. The van der Waals surface area contributed by atoms with E-state index in [1.54, 1.807) is 36.3 Å². The van der Waals surface area contributed by atoms with Crippen LogP contribution >= 0.6 is 0 Å². The summed E-state index contributed by atoms with van der Waals surface area (Å²) in [5.41, 5.74) is 10.7. The van der Waals surface area contributed by atoms with Crippen LogP contribution in [0.5, 0.6) is 11.5 Å². The number of non-ortho nitro benzene ring substituents is 1. The molecule has 9 heteroatoms. The van der Waals surface area contributed by atoms with E-state index in [-0.39, 0.29) is 35.2 Å². The standard InChI is InChI=1S/C31H28N4O5/c1-18-9-10-21(35(37)38)15-25(18)34-26-13-20(19-7-5-4-6-8-19)14-27(36)30(26)29(24(17-32)31(34)33)23-12-11-22(39-2)16-28(23)40-3/h4-12,15-16,20,29H,13-14,33H2,1-3H3/t20-,29+/m1/s1. The Labute approximate surface area is 231 Å². The Bertz CT molecular complexity index is 1620. The topological polar surface area (TPSA) is 132 Å². The Kier molecular flexibility index (Phi) is 7.01. The number of hydrogen-bond acceptors (Lipinski definition) is 8. The molecule has 2 aliphatic rings. The summed E-state index contributed by atoms with van der Waals surface area (Å²) in [7, 11) is 3.06. The van der Waals surface area contributed by atoms with Crippen molar-refractivity contribution in [2.24, 2.45) is 5.73 Å². The highest BCUT2D eigenvalue weighted by Gasteiger charge is 2.44. The van der Waals surface area contributed by atoms with Crippen LogP contribution in [0.3, 0.4) is 0 Å². The van der Waals surface area contributed by atoms with Gasteiger partial charge in [0, 0.05) is 41.5 Å². The van der Waals surface area contributed by atoms with E-state index in [2.05, 4.69) is 6.07 Å². The van der Waals surface area contributed by atoms with Crippen molar-refractivity contribution < 1.29 is 19.2 Å². The van der Waals surface area contributed by atoms with E-state index >= 15 is 0 Å². The summed E-state index contributed by atoms with van der Waals surface area (Å²) in [6.45, 7) is 1.82. The number of carbonyl (C=O) groups excluding carboxylic acids is 1. The molecule has 202 valence electrons. The molecule has 0 spiro atoms. The smallest absolute Gasteiger partial charge is 0.271 e. The predicted octanol–water partition coefficient (Wildman–Crippen LogP) is 5.62. The van der Waals surface area contributed by atoms with Crippen LogP contribution in [0.25, 0.3) is 0 Å². The zero-order chi connectivity index (χ0) is 28.6. The van der Waals surface area contributed by atoms with Crippen LogP contribution in [0, 0.1) is 28.4 Å². The van der Waals surface area contributed by atoms with Gasteiger partial charge in [0.25, 0.3) is 5.69 Å². The Morgan fingerprint density at radius 1 is 1.05 bits per heavy atom. The normalized spacial score (nSPS) is 18.8. The van der Waals surface area contributed by atoms with Crippen molar-refractivity contribution in [1.29, 1.82) is 5.26 Å². The SMILES string of the molecule is COc1ccc([C@H]2C(C#N)=C(N)N(c3cc([N+](=O)[O-])ccc3C)C3=C2C(=O)C[C@H](c2ccccc2)C3)c(OC)c1. The van der Waals surface area contributed by atoms with E-state index in [4.69, 9.17) is 15.2 Å². The molecule has 40 heavy (non-hydrogen) atoms. The number of ketones is 1. The van der Waals surface area contributed by atoms with Crippen LogP contribution in [0.4, 0.5) is 11.4 Å². The number of nitro benzene ring substituents is 1. The van der Waals surface area contributed by atoms with Crippen molar-refractivity contribution in [1.82, 2.24) is 0 Å². The van der Waals surface area contributed by atoms with E-state index in [1.165, 1.54) is 19.2 Å². The molecule has 0 saturated carbocycles. The summed E-state index contributed by atoms with van der Waals surface area (Å²) in [4.78, 5) is 27.0. The molecular weight excluding hydrogens is 508 g/mol. The van der Waals surface area contributed by atoms with Gasteiger partial charge in [-0.05, 0) is 36.5 Å². The Hall–Kier alpha value is -5.10. The van der Waals surface area contributed by atoms with Gasteiger partial charge in [0.2, 0.25) is 0 Å². The fourth-order valence-corrected chi connectivity index (χ4v) is 5.69. The maximum absolute atomic E-state index is 14.1. The summed E-state index contributed by atoms with van der Waals surface area (Å²) in [6, 6.07) is 21.7. The summed E-state index contributed by atoms with van der Waals surface area (Å²) in [6.07, 6.45) is 0.694. The summed E-state index contributed by atoms with van der Waals surface area (Å²) >= 11 is 0. The summed E-state index contributed by atoms with van der Waals surface area (Å²) in [5, 5.41) is 22.1. The molecule has 2 N–H and O–H groups in total. The molecule has 1 aliphatic carbocycles. The average molecular weight is 537 g/mol. The van der Waals surface area contributed by atoms with Crippen molar-refractivity contribution in [3.8, 4) is 17.6 Å². The van der Waals surface area contributed by atoms with Gasteiger partial charge in [-0.3, -0.25) is 19.8 Å². The maximum atomic E-state index is 14.1. The molecule has 3 aromatic carbocycles. The van der Waals surface area contributed by atoms with Gasteiger partial charge in [0.15, 0.2) is 5.78 Å². The number of rotatable bonds is 6. The highest BCUT2D eigenvalue weighted by Crippen LogP contribution is 2.51. The number of nitriles is 1. The lowest BCUT2D eigenvalue weighted by molar-refractivity contribution is -0.384. The lowest BCUT2D eigenvalue weighted by atomic mass is 9.71. The number of anilines is 1. The number of carbonyl (C=O) groups is 1. The largest absolute Gasteiger partial charge is 0.497 e. The minimum atomic E-state index is -0.777. The minimum Gasteiger partial charge on any atom is -0.497 e. The van der Waals surface area contributed by atoms with Crippen molar-refractivity contribution in [2.75, 3.05) is 19.1 Å². The number of aryl methyl sites for hydroxylation is 1. The van der Waals surface area contributed by atoms with E-state index in [9.17, 15) is 20.2 Å². The Morgan fingerprint density at radius 3 is 2.45 bits per heavy atom. The van der Waals surface area contributed by atoms with Crippen molar-refractivity contribution in [3.63, 3.8) is 0 Å². The van der Waals surface area contributed by atoms with Crippen LogP contribution in [0.15, 0.2) is 89.4 Å². The molecule has 5 rings (SSSR count). The van der Waals surface area contributed by atoms with Crippen molar-refractivity contribution in [2.45, 2.75) is 31.6 Å². The maximum Gasteiger partial charge on any atom is 0.271 e. The van der Waals surface area contributed by atoms with Gasteiger partial charge in [-0.25, -0.2) is 0 Å². The number of benzene rings is 3. The summed E-state index contributed by atoms with van der Waals surface area (Å²) < 4.78 is 11.0. The molecule has 0 saturated heterocycles. The van der Waals surface area contributed by atoms with E-state index in [0.717, 1.165) is 5.56 Å². The Morgan fingerprint density at radius 2 is 1.80 bits per heavy atom. The highest BCUT2D eigenvalue weighted by molar-refractivity contribution is 6.02. The van der Waals surface area contributed by atoms with Gasteiger partial charge >= 0.3 is 0 Å². The van der Waals surface area contributed by atoms with Gasteiger partial charge in [-0.15, -0.1) is 0 Å². The first kappa shape index (κ1) is 26.5. The molecule has 1 heterocycles. The van der Waals surface area contributed by atoms with Crippen LogP contribution in [0.2, 0.25) is 0 Å². The number of nitrogens with two attached hydrogens (primary N) is 1. The molecule has 0 fully saturated rings. The van der Waals surface area contributed by atoms with Crippen LogP contribution in [-0.2, 0) is 4.79 Å². The van der Waals surface area contributed by atoms with Gasteiger partial charge in [-0.1, -0.05) is 42.5 Å². The molecule has 9 nitrogen and oxygen atoms in total. The lowest BCUT2D eigenvalue weighted by Crippen LogP contribution is -2.40. The van der Waals surface area contributed by atoms with Gasteiger partial charge in [-0.2, -0.15) is 5.26 Å². The molecule has 2 atom stereocenters. The third-order valence-corrected chi connectivity index (χ3v) is 7.63. The molecule has 0 unspecified atom stereocenters. The molecular formula is C31H28N4O5. The fraction of sp³-hybridized carbons (Fsp3) is 0.226. The van der Waals surface area contributed by atoms with E-state index in [0.29, 0.717) is 46.0 Å².